The van der Waals surface area contributed by atoms with Gasteiger partial charge in [0.1, 0.15) is 5.75 Å². The van der Waals surface area contributed by atoms with Crippen LogP contribution in [0, 0.1) is 0 Å². The maximum absolute atomic E-state index is 13.7. The maximum atomic E-state index is 13.7. The minimum absolute atomic E-state index is 0.0127. The number of aliphatic carboxylic acids is 1. The molecule has 0 radical (unpaired) electrons. The van der Waals surface area contributed by atoms with Crippen LogP contribution in [0.1, 0.15) is 62.3 Å². The van der Waals surface area contributed by atoms with Crippen LogP contribution in [-0.2, 0) is 14.6 Å². The second-order valence-corrected chi connectivity index (χ2v) is 10.2. The van der Waals surface area contributed by atoms with Gasteiger partial charge in [0.2, 0.25) is 0 Å². The van der Waals surface area contributed by atoms with Gasteiger partial charge in [-0.05, 0) is 42.2 Å². The Kier molecular flexibility index (Phi) is 7.41. The topological polar surface area (TPSA) is 92.7 Å². The van der Waals surface area contributed by atoms with Crippen molar-refractivity contribution in [3.05, 3.63) is 65.2 Å². The Morgan fingerprint density at radius 1 is 1.25 bits per heavy atom. The Labute approximate surface area is 190 Å². The highest BCUT2D eigenvalue weighted by atomic mass is 32.2. The summed E-state index contributed by atoms with van der Waals surface area (Å²) in [7, 11) is -2.16. The SMILES string of the molecule is CCCC[C@]1(CC)CS(=O)(=O)c2cc(/C=C/C(=O)O)c(OC)cc2[C@@H](c2ccccc2)N1. The molecular weight excluding hydrogens is 426 g/mol. The van der Waals surface area contributed by atoms with Gasteiger partial charge in [0.05, 0.1) is 23.8 Å². The van der Waals surface area contributed by atoms with Crippen molar-refractivity contribution in [2.24, 2.45) is 0 Å². The largest absolute Gasteiger partial charge is 0.496 e. The minimum Gasteiger partial charge on any atom is -0.496 e. The lowest BCUT2D eigenvalue weighted by molar-refractivity contribution is -0.131. The third-order valence-corrected chi connectivity index (χ3v) is 8.11. The van der Waals surface area contributed by atoms with E-state index in [-0.39, 0.29) is 16.7 Å². The molecule has 2 aromatic rings. The molecule has 2 atom stereocenters. The van der Waals surface area contributed by atoms with Crippen molar-refractivity contribution < 1.29 is 23.1 Å². The molecule has 0 spiro atoms. The first-order valence-corrected chi connectivity index (χ1v) is 12.6. The molecule has 3 rings (SSSR count). The number of sulfone groups is 1. The van der Waals surface area contributed by atoms with Gasteiger partial charge >= 0.3 is 5.97 Å². The lowest BCUT2D eigenvalue weighted by Crippen LogP contribution is -2.50. The normalized spacial score (nSPS) is 22.3. The number of benzene rings is 2. The summed E-state index contributed by atoms with van der Waals surface area (Å²) in [6.45, 7) is 4.13. The van der Waals surface area contributed by atoms with Crippen LogP contribution in [0.15, 0.2) is 53.4 Å². The lowest BCUT2D eigenvalue weighted by Gasteiger charge is -2.36. The van der Waals surface area contributed by atoms with Gasteiger partial charge < -0.3 is 9.84 Å². The predicted molar refractivity (Wildman–Crippen MR) is 126 cm³/mol. The number of rotatable bonds is 8. The van der Waals surface area contributed by atoms with E-state index in [0.717, 1.165) is 30.9 Å². The average Bonchev–Trinajstić information content (AvgIpc) is 2.88. The molecule has 1 aliphatic heterocycles. The van der Waals surface area contributed by atoms with E-state index in [1.165, 1.54) is 13.2 Å². The van der Waals surface area contributed by atoms with Crippen LogP contribution in [0.5, 0.6) is 5.75 Å². The van der Waals surface area contributed by atoms with Crippen LogP contribution in [0.2, 0.25) is 0 Å². The van der Waals surface area contributed by atoms with E-state index in [0.29, 0.717) is 23.3 Å². The Bertz CT molecular complexity index is 1090. The van der Waals surface area contributed by atoms with E-state index < -0.39 is 21.3 Å². The van der Waals surface area contributed by atoms with E-state index in [4.69, 9.17) is 9.84 Å². The summed E-state index contributed by atoms with van der Waals surface area (Å²) in [5.41, 5.74) is 1.43. The number of hydrogen-bond acceptors (Lipinski definition) is 5. The zero-order valence-electron chi connectivity index (χ0n) is 18.8. The molecular formula is C25H31NO5S. The number of nitrogens with one attached hydrogen (secondary N) is 1. The maximum Gasteiger partial charge on any atom is 0.328 e. The lowest BCUT2D eigenvalue weighted by atomic mass is 9.88. The number of carboxylic acid groups (broad SMARTS) is 1. The Morgan fingerprint density at radius 2 is 1.97 bits per heavy atom. The number of unbranched alkanes of at least 4 members (excludes halogenated alkanes) is 1. The van der Waals surface area contributed by atoms with Crippen molar-refractivity contribution in [2.45, 2.75) is 56.0 Å². The number of hydrogen-bond donors (Lipinski definition) is 2. The molecule has 6 nitrogen and oxygen atoms in total. The fourth-order valence-corrected chi connectivity index (χ4v) is 6.53. The molecule has 0 unspecified atom stereocenters. The summed E-state index contributed by atoms with van der Waals surface area (Å²) < 4.78 is 32.9. The van der Waals surface area contributed by atoms with Gasteiger partial charge in [-0.1, -0.05) is 57.0 Å². The molecule has 1 aliphatic rings. The van der Waals surface area contributed by atoms with E-state index in [9.17, 15) is 13.2 Å². The monoisotopic (exact) mass is 457 g/mol. The van der Waals surface area contributed by atoms with Crippen molar-refractivity contribution in [1.29, 1.82) is 0 Å². The van der Waals surface area contributed by atoms with Gasteiger partial charge in [-0.2, -0.15) is 0 Å². The summed E-state index contributed by atoms with van der Waals surface area (Å²) in [5, 5.41) is 12.8. The van der Waals surface area contributed by atoms with E-state index in [1.54, 1.807) is 12.1 Å². The third-order valence-electron chi connectivity index (χ3n) is 6.15. The first kappa shape index (κ1) is 24.0. The number of carboxylic acids is 1. The van der Waals surface area contributed by atoms with Crippen LogP contribution in [0.3, 0.4) is 0 Å². The quantitative estimate of drug-likeness (QED) is 0.563. The Hall–Kier alpha value is -2.64. The molecule has 0 saturated carbocycles. The summed E-state index contributed by atoms with van der Waals surface area (Å²) in [6, 6.07) is 12.7. The predicted octanol–water partition coefficient (Wildman–Crippen LogP) is 4.60. The molecule has 0 aromatic heterocycles. The molecule has 2 aromatic carbocycles. The van der Waals surface area contributed by atoms with Gasteiger partial charge in [0, 0.05) is 17.2 Å². The van der Waals surface area contributed by atoms with Gasteiger partial charge in [-0.3, -0.25) is 5.32 Å². The van der Waals surface area contributed by atoms with Crippen molar-refractivity contribution >= 4 is 21.9 Å². The number of methoxy groups -OCH3 is 1. The molecule has 0 saturated heterocycles. The highest BCUT2D eigenvalue weighted by Gasteiger charge is 2.42. The van der Waals surface area contributed by atoms with Gasteiger partial charge in [0.15, 0.2) is 9.84 Å². The molecule has 0 bridgehead atoms. The second-order valence-electron chi connectivity index (χ2n) is 8.29. The summed E-state index contributed by atoms with van der Waals surface area (Å²) in [6.07, 6.45) is 5.68. The first-order chi connectivity index (χ1) is 15.2. The second kappa shape index (κ2) is 9.88. The van der Waals surface area contributed by atoms with Crippen LogP contribution >= 0.6 is 0 Å². The molecule has 32 heavy (non-hydrogen) atoms. The number of carbonyl (C=O) groups is 1. The Morgan fingerprint density at radius 3 is 2.56 bits per heavy atom. The molecule has 7 heteroatoms. The Balaban J connectivity index is 2.28. The molecule has 1 heterocycles. The van der Waals surface area contributed by atoms with Crippen LogP contribution in [-0.4, -0.2) is 37.9 Å². The standard InChI is InChI=1S/C25H31NO5S/c1-4-6-14-25(5-2)17-32(29,30)22-15-19(12-13-23(27)28)21(31-3)16-20(22)24(26-25)18-10-8-7-9-11-18/h7-13,15-16,24,26H,4-6,14,17H2,1-3H3,(H,27,28)/b13-12+/t24-,25-/m1/s1. The third kappa shape index (κ3) is 5.05. The van der Waals surface area contributed by atoms with E-state index >= 15 is 0 Å². The fourth-order valence-electron chi connectivity index (χ4n) is 4.37. The highest BCUT2D eigenvalue weighted by molar-refractivity contribution is 7.91. The molecule has 172 valence electrons. The number of ether oxygens (including phenoxy) is 1. The summed E-state index contributed by atoms with van der Waals surface area (Å²) in [5.74, 6) is -0.698. The van der Waals surface area contributed by atoms with Gasteiger partial charge in [0.25, 0.3) is 0 Å². The van der Waals surface area contributed by atoms with Crippen molar-refractivity contribution in [2.75, 3.05) is 12.9 Å². The molecule has 0 aliphatic carbocycles. The molecule has 0 fully saturated rings. The van der Waals surface area contributed by atoms with Crippen molar-refractivity contribution in [1.82, 2.24) is 5.32 Å². The number of fused-ring (bicyclic) bond motifs is 1. The van der Waals surface area contributed by atoms with Crippen molar-refractivity contribution in [3.63, 3.8) is 0 Å². The van der Waals surface area contributed by atoms with Crippen LogP contribution in [0.25, 0.3) is 6.08 Å². The highest BCUT2D eigenvalue weighted by Crippen LogP contribution is 2.41. The summed E-state index contributed by atoms with van der Waals surface area (Å²) in [4.78, 5) is 11.3. The molecule has 0 amide bonds. The van der Waals surface area contributed by atoms with E-state index in [1.807, 2.05) is 37.3 Å². The van der Waals surface area contributed by atoms with Crippen LogP contribution in [0.4, 0.5) is 0 Å². The first-order valence-electron chi connectivity index (χ1n) is 10.9. The smallest absolute Gasteiger partial charge is 0.328 e. The van der Waals surface area contributed by atoms with Gasteiger partial charge in [-0.15, -0.1) is 0 Å². The van der Waals surface area contributed by atoms with Gasteiger partial charge in [-0.25, -0.2) is 13.2 Å². The van der Waals surface area contributed by atoms with Crippen LogP contribution < -0.4 is 10.1 Å². The zero-order chi connectivity index (χ0) is 23.4. The molecule has 2 N–H and O–H groups in total. The average molecular weight is 458 g/mol. The van der Waals surface area contributed by atoms with E-state index in [2.05, 4.69) is 12.2 Å². The minimum atomic E-state index is -3.65. The fraction of sp³-hybridized carbons (Fsp3) is 0.400. The van der Waals surface area contributed by atoms with Crippen molar-refractivity contribution in [3.8, 4) is 5.75 Å². The summed E-state index contributed by atoms with van der Waals surface area (Å²) >= 11 is 0. The zero-order valence-corrected chi connectivity index (χ0v) is 19.6.